The molecule has 0 radical (unpaired) electrons. The molecule has 0 spiro atoms. The summed E-state index contributed by atoms with van der Waals surface area (Å²) in [6, 6.07) is 10.4. The predicted octanol–water partition coefficient (Wildman–Crippen LogP) is 3.19. The van der Waals surface area contributed by atoms with Crippen LogP contribution in [-0.4, -0.2) is 14.7 Å². The van der Waals surface area contributed by atoms with Crippen LogP contribution in [0.25, 0.3) is 11.0 Å². The third kappa shape index (κ3) is 2.21. The summed E-state index contributed by atoms with van der Waals surface area (Å²) in [6.45, 7) is 5.07. The molecule has 1 aromatic carbocycles. The zero-order chi connectivity index (χ0) is 14.1. The second kappa shape index (κ2) is 5.10. The highest BCUT2D eigenvalue weighted by Gasteiger charge is 2.09. The van der Waals surface area contributed by atoms with Gasteiger partial charge in [0.05, 0.1) is 6.61 Å². The van der Waals surface area contributed by atoms with Crippen LogP contribution in [-0.2, 0) is 13.2 Å². The summed E-state index contributed by atoms with van der Waals surface area (Å²) in [5, 5.41) is 10.5. The maximum absolute atomic E-state index is 9.45. The van der Waals surface area contributed by atoms with Crippen LogP contribution in [0.2, 0.25) is 0 Å². The van der Waals surface area contributed by atoms with Gasteiger partial charge in [-0.2, -0.15) is 0 Å². The number of benzene rings is 1. The average Bonchev–Trinajstić information content (AvgIpc) is 2.81. The Morgan fingerprint density at radius 3 is 2.75 bits per heavy atom. The number of aliphatic hydroxyl groups is 1. The maximum atomic E-state index is 9.45. The van der Waals surface area contributed by atoms with Gasteiger partial charge >= 0.3 is 0 Å². The first kappa shape index (κ1) is 12.9. The van der Waals surface area contributed by atoms with Gasteiger partial charge in [-0.05, 0) is 42.7 Å². The van der Waals surface area contributed by atoms with E-state index in [0.29, 0.717) is 0 Å². The van der Waals surface area contributed by atoms with Crippen molar-refractivity contribution < 1.29 is 5.11 Å². The molecule has 0 unspecified atom stereocenters. The number of rotatable bonds is 3. The molecule has 3 nitrogen and oxygen atoms in total. The summed E-state index contributed by atoms with van der Waals surface area (Å²) in [6.07, 6.45) is 3.78. The molecule has 3 heteroatoms. The van der Waals surface area contributed by atoms with Gasteiger partial charge in [0, 0.05) is 29.9 Å². The van der Waals surface area contributed by atoms with Crippen LogP contribution in [0.3, 0.4) is 0 Å². The van der Waals surface area contributed by atoms with E-state index in [1.165, 1.54) is 16.7 Å². The molecule has 0 aliphatic carbocycles. The Bertz CT molecular complexity index is 759. The third-order valence-corrected chi connectivity index (χ3v) is 3.81. The van der Waals surface area contributed by atoms with Crippen molar-refractivity contribution >= 4 is 11.0 Å². The first-order valence-corrected chi connectivity index (χ1v) is 6.79. The number of hydrogen-bond acceptors (Lipinski definition) is 2. The summed E-state index contributed by atoms with van der Waals surface area (Å²) in [5.74, 6) is 0. The van der Waals surface area contributed by atoms with E-state index in [1.54, 1.807) is 6.20 Å². The lowest BCUT2D eigenvalue weighted by Crippen LogP contribution is -1.99. The van der Waals surface area contributed by atoms with Gasteiger partial charge < -0.3 is 9.67 Å². The van der Waals surface area contributed by atoms with E-state index in [2.05, 4.69) is 41.6 Å². The van der Waals surface area contributed by atoms with E-state index in [-0.39, 0.29) is 6.61 Å². The lowest BCUT2D eigenvalue weighted by molar-refractivity contribution is 0.283. The van der Waals surface area contributed by atoms with Crippen molar-refractivity contribution in [1.29, 1.82) is 0 Å². The van der Waals surface area contributed by atoms with Gasteiger partial charge in [-0.1, -0.05) is 18.2 Å². The van der Waals surface area contributed by atoms with Crippen LogP contribution in [0, 0.1) is 13.8 Å². The molecular formula is C17H18N2O. The van der Waals surface area contributed by atoms with Gasteiger partial charge in [-0.3, -0.25) is 0 Å². The molecule has 2 heterocycles. The Labute approximate surface area is 118 Å². The standard InChI is InChI=1S/C17H18N2O/c1-12-5-6-14(8-13(12)2)9-19-10-15(11-20)16-4-3-7-18-17(16)19/h3-8,10,20H,9,11H2,1-2H3. The molecular weight excluding hydrogens is 248 g/mol. The molecule has 3 aromatic rings. The fraction of sp³-hybridized carbons (Fsp3) is 0.235. The Balaban J connectivity index is 2.04. The Morgan fingerprint density at radius 2 is 2.00 bits per heavy atom. The molecule has 102 valence electrons. The average molecular weight is 266 g/mol. The molecule has 2 aromatic heterocycles. The zero-order valence-corrected chi connectivity index (χ0v) is 11.8. The minimum absolute atomic E-state index is 0.0438. The van der Waals surface area contributed by atoms with Crippen molar-refractivity contribution in [1.82, 2.24) is 9.55 Å². The summed E-state index contributed by atoms with van der Waals surface area (Å²) < 4.78 is 2.10. The van der Waals surface area contributed by atoms with Gasteiger partial charge in [-0.15, -0.1) is 0 Å². The van der Waals surface area contributed by atoms with Crippen LogP contribution in [0.15, 0.2) is 42.7 Å². The van der Waals surface area contributed by atoms with Crippen LogP contribution >= 0.6 is 0 Å². The molecule has 0 bridgehead atoms. The normalized spacial score (nSPS) is 11.2. The Hall–Kier alpha value is -2.13. The second-order valence-electron chi connectivity index (χ2n) is 5.23. The van der Waals surface area contributed by atoms with E-state index >= 15 is 0 Å². The van der Waals surface area contributed by atoms with Crippen molar-refractivity contribution in [3.05, 3.63) is 65.0 Å². The number of aromatic nitrogens is 2. The summed E-state index contributed by atoms with van der Waals surface area (Å²) in [4.78, 5) is 4.44. The number of nitrogens with zero attached hydrogens (tertiary/aromatic N) is 2. The van der Waals surface area contributed by atoms with Crippen LogP contribution in [0.1, 0.15) is 22.3 Å². The molecule has 0 atom stereocenters. The van der Waals surface area contributed by atoms with Gasteiger partial charge in [0.25, 0.3) is 0 Å². The van der Waals surface area contributed by atoms with E-state index in [9.17, 15) is 5.11 Å². The van der Waals surface area contributed by atoms with Crippen LogP contribution < -0.4 is 0 Å². The third-order valence-electron chi connectivity index (χ3n) is 3.81. The van der Waals surface area contributed by atoms with E-state index < -0.39 is 0 Å². The molecule has 0 fully saturated rings. The van der Waals surface area contributed by atoms with E-state index in [4.69, 9.17) is 0 Å². The molecule has 0 saturated carbocycles. The minimum Gasteiger partial charge on any atom is -0.392 e. The van der Waals surface area contributed by atoms with Gasteiger partial charge in [0.1, 0.15) is 5.65 Å². The van der Waals surface area contributed by atoms with Crippen molar-refractivity contribution in [3.8, 4) is 0 Å². The monoisotopic (exact) mass is 266 g/mol. The lowest BCUT2D eigenvalue weighted by Gasteiger charge is -2.07. The smallest absolute Gasteiger partial charge is 0.140 e. The summed E-state index contributed by atoms with van der Waals surface area (Å²) >= 11 is 0. The number of fused-ring (bicyclic) bond motifs is 1. The SMILES string of the molecule is Cc1ccc(Cn2cc(CO)c3cccnc32)cc1C. The van der Waals surface area contributed by atoms with Crippen molar-refractivity contribution in [2.45, 2.75) is 27.0 Å². The first-order valence-electron chi connectivity index (χ1n) is 6.79. The van der Waals surface area contributed by atoms with E-state index in [1.807, 2.05) is 18.3 Å². The topological polar surface area (TPSA) is 38.0 Å². The predicted molar refractivity (Wildman–Crippen MR) is 80.7 cm³/mol. The Morgan fingerprint density at radius 1 is 1.15 bits per heavy atom. The highest BCUT2D eigenvalue weighted by Crippen LogP contribution is 2.21. The highest BCUT2D eigenvalue weighted by molar-refractivity contribution is 5.80. The minimum atomic E-state index is 0.0438. The molecule has 0 amide bonds. The number of pyridine rings is 1. The molecule has 20 heavy (non-hydrogen) atoms. The maximum Gasteiger partial charge on any atom is 0.140 e. The molecule has 0 aliphatic rings. The zero-order valence-electron chi connectivity index (χ0n) is 11.8. The van der Waals surface area contributed by atoms with Gasteiger partial charge in [0.2, 0.25) is 0 Å². The summed E-state index contributed by atoms with van der Waals surface area (Å²) in [5.41, 5.74) is 5.71. The fourth-order valence-corrected chi connectivity index (χ4v) is 2.54. The Kier molecular flexibility index (Phi) is 3.28. The molecule has 1 N–H and O–H groups in total. The fourth-order valence-electron chi connectivity index (χ4n) is 2.54. The largest absolute Gasteiger partial charge is 0.392 e. The molecule has 0 aliphatic heterocycles. The van der Waals surface area contributed by atoms with Crippen molar-refractivity contribution in [3.63, 3.8) is 0 Å². The molecule has 0 saturated heterocycles. The summed E-state index contributed by atoms with van der Waals surface area (Å²) in [7, 11) is 0. The van der Waals surface area contributed by atoms with E-state index in [0.717, 1.165) is 23.1 Å². The van der Waals surface area contributed by atoms with Crippen LogP contribution in [0.5, 0.6) is 0 Å². The van der Waals surface area contributed by atoms with Crippen molar-refractivity contribution in [2.75, 3.05) is 0 Å². The number of hydrogen-bond donors (Lipinski definition) is 1. The molecule has 3 rings (SSSR count). The number of aliphatic hydroxyl groups excluding tert-OH is 1. The lowest BCUT2D eigenvalue weighted by atomic mass is 10.1. The number of aryl methyl sites for hydroxylation is 2. The second-order valence-corrected chi connectivity index (χ2v) is 5.23. The van der Waals surface area contributed by atoms with Crippen molar-refractivity contribution in [2.24, 2.45) is 0 Å². The van der Waals surface area contributed by atoms with Gasteiger partial charge in [-0.25, -0.2) is 4.98 Å². The van der Waals surface area contributed by atoms with Crippen LogP contribution in [0.4, 0.5) is 0 Å². The first-order chi connectivity index (χ1) is 9.69. The van der Waals surface area contributed by atoms with Gasteiger partial charge in [0.15, 0.2) is 0 Å². The quantitative estimate of drug-likeness (QED) is 0.790. The highest BCUT2D eigenvalue weighted by atomic mass is 16.3.